The van der Waals surface area contributed by atoms with Gasteiger partial charge >= 0.3 is 5.97 Å². The number of hydrogen-bond acceptors (Lipinski definition) is 7. The van der Waals surface area contributed by atoms with Crippen LogP contribution in [-0.4, -0.2) is 54.9 Å². The van der Waals surface area contributed by atoms with Crippen molar-refractivity contribution in [3.63, 3.8) is 0 Å². The van der Waals surface area contributed by atoms with E-state index in [1.807, 2.05) is 13.8 Å². The number of hydrogen-bond donors (Lipinski definition) is 0. The van der Waals surface area contributed by atoms with Crippen LogP contribution in [0.15, 0.2) is 12.2 Å². The Morgan fingerprint density at radius 2 is 1.83 bits per heavy atom. The summed E-state index contributed by atoms with van der Waals surface area (Å²) >= 11 is 0. The van der Waals surface area contributed by atoms with Gasteiger partial charge in [-0.1, -0.05) is 6.58 Å². The average Bonchev–Trinajstić information content (AvgIpc) is 2.89. The molecular weight excluding hydrogens is 304 g/mol. The van der Waals surface area contributed by atoms with E-state index in [0.717, 1.165) is 0 Å². The summed E-state index contributed by atoms with van der Waals surface area (Å²) in [5, 5.41) is 0. The van der Waals surface area contributed by atoms with Gasteiger partial charge in [-0.05, 0) is 34.6 Å². The van der Waals surface area contributed by atoms with Crippen LogP contribution in [0.1, 0.15) is 34.6 Å². The molecule has 0 amide bonds. The van der Waals surface area contributed by atoms with Crippen molar-refractivity contribution in [3.05, 3.63) is 12.2 Å². The van der Waals surface area contributed by atoms with Crippen LogP contribution in [0.25, 0.3) is 0 Å². The molecule has 1 spiro atoms. The number of rotatable bonds is 2. The van der Waals surface area contributed by atoms with Crippen LogP contribution in [0.2, 0.25) is 0 Å². The first-order chi connectivity index (χ1) is 10.5. The van der Waals surface area contributed by atoms with Gasteiger partial charge < -0.3 is 28.4 Å². The summed E-state index contributed by atoms with van der Waals surface area (Å²) in [5.41, 5.74) is 0.290. The van der Waals surface area contributed by atoms with Crippen LogP contribution in [0.3, 0.4) is 0 Å². The third-order valence-electron chi connectivity index (χ3n) is 4.07. The van der Waals surface area contributed by atoms with Crippen molar-refractivity contribution < 1.29 is 33.2 Å². The van der Waals surface area contributed by atoms with Crippen LogP contribution < -0.4 is 0 Å². The van der Waals surface area contributed by atoms with Crippen LogP contribution in [-0.2, 0) is 33.2 Å². The Labute approximate surface area is 135 Å². The largest absolute Gasteiger partial charge is 0.450 e. The maximum atomic E-state index is 12.1. The first-order valence-electron chi connectivity index (χ1n) is 7.74. The van der Waals surface area contributed by atoms with Crippen LogP contribution in [0.5, 0.6) is 0 Å². The molecule has 3 aliphatic heterocycles. The van der Waals surface area contributed by atoms with E-state index >= 15 is 0 Å². The molecule has 0 saturated carbocycles. The second-order valence-electron chi connectivity index (χ2n) is 7.16. The fourth-order valence-corrected chi connectivity index (χ4v) is 3.14. The Hall–Kier alpha value is -0.990. The van der Waals surface area contributed by atoms with Gasteiger partial charge in [0.15, 0.2) is 17.7 Å². The van der Waals surface area contributed by atoms with Gasteiger partial charge in [-0.25, -0.2) is 4.79 Å². The zero-order valence-corrected chi connectivity index (χ0v) is 14.2. The summed E-state index contributed by atoms with van der Waals surface area (Å²) in [4.78, 5) is 12.1. The molecule has 3 rings (SSSR count). The lowest BCUT2D eigenvalue weighted by Gasteiger charge is -2.43. The van der Waals surface area contributed by atoms with Crippen molar-refractivity contribution >= 4 is 5.97 Å². The van der Waals surface area contributed by atoms with E-state index in [4.69, 9.17) is 28.4 Å². The molecule has 3 heterocycles. The fraction of sp³-hybridized carbons (Fsp3) is 0.812. The van der Waals surface area contributed by atoms with Gasteiger partial charge in [0.2, 0.25) is 5.79 Å². The minimum atomic E-state index is -1.21. The van der Waals surface area contributed by atoms with E-state index in [-0.39, 0.29) is 19.3 Å². The molecule has 3 fully saturated rings. The molecule has 0 unspecified atom stereocenters. The molecule has 7 heteroatoms. The van der Waals surface area contributed by atoms with Gasteiger partial charge in [-0.2, -0.15) is 0 Å². The van der Waals surface area contributed by atoms with Crippen molar-refractivity contribution in [2.75, 3.05) is 13.2 Å². The van der Waals surface area contributed by atoms with Gasteiger partial charge in [0, 0.05) is 5.57 Å². The molecule has 0 aliphatic carbocycles. The fourth-order valence-electron chi connectivity index (χ4n) is 3.14. The highest BCUT2D eigenvalue weighted by Crippen LogP contribution is 2.45. The molecule has 0 aromatic rings. The average molecular weight is 328 g/mol. The van der Waals surface area contributed by atoms with Crippen molar-refractivity contribution in [1.29, 1.82) is 0 Å². The van der Waals surface area contributed by atoms with Gasteiger partial charge in [-0.15, -0.1) is 0 Å². The Morgan fingerprint density at radius 3 is 2.39 bits per heavy atom. The number of esters is 1. The van der Waals surface area contributed by atoms with Gasteiger partial charge in [0.25, 0.3) is 0 Å². The molecule has 7 nitrogen and oxygen atoms in total. The van der Waals surface area contributed by atoms with Gasteiger partial charge in [-0.3, -0.25) is 0 Å². The summed E-state index contributed by atoms with van der Waals surface area (Å²) in [6.07, 6.45) is -1.65. The summed E-state index contributed by atoms with van der Waals surface area (Å²) in [7, 11) is 0. The van der Waals surface area contributed by atoms with E-state index in [1.165, 1.54) is 0 Å². The number of carbonyl (C=O) groups is 1. The predicted molar refractivity (Wildman–Crippen MR) is 78.3 cm³/mol. The molecule has 0 radical (unpaired) electrons. The topological polar surface area (TPSA) is 72.5 Å². The highest BCUT2D eigenvalue weighted by molar-refractivity contribution is 5.87. The lowest BCUT2D eigenvalue weighted by atomic mass is 9.97. The van der Waals surface area contributed by atoms with E-state index in [1.54, 1.807) is 20.8 Å². The maximum absolute atomic E-state index is 12.1. The number of fused-ring (bicyclic) bond motifs is 1. The molecule has 0 N–H and O–H groups in total. The first-order valence-corrected chi connectivity index (χ1v) is 7.74. The van der Waals surface area contributed by atoms with Crippen LogP contribution >= 0.6 is 0 Å². The third-order valence-corrected chi connectivity index (χ3v) is 4.07. The van der Waals surface area contributed by atoms with Gasteiger partial charge in [0.1, 0.15) is 18.8 Å². The minimum absolute atomic E-state index is 0.140. The monoisotopic (exact) mass is 328 g/mol. The molecule has 0 aromatic carbocycles. The lowest BCUT2D eigenvalue weighted by Crippen LogP contribution is -2.63. The zero-order valence-electron chi connectivity index (χ0n) is 14.2. The summed E-state index contributed by atoms with van der Waals surface area (Å²) in [6.45, 7) is 12.8. The molecule has 0 aromatic heterocycles. The van der Waals surface area contributed by atoms with Crippen molar-refractivity contribution in [3.8, 4) is 0 Å². The first kappa shape index (κ1) is 16.9. The summed E-state index contributed by atoms with van der Waals surface area (Å²) in [6, 6.07) is 0. The Bertz CT molecular complexity index is 525. The zero-order chi connectivity index (χ0) is 17.0. The molecule has 3 saturated heterocycles. The number of ether oxygens (including phenoxy) is 6. The molecular formula is C16H24O7. The highest BCUT2D eigenvalue weighted by atomic mass is 16.9. The standard InChI is InChI=1S/C16H24O7/c1-9(2)13(17)20-12-11-10(21-15(5,6)22-11)7-18-16(12)8-19-14(3,4)23-16/h10-12H,1,7-8H2,2-6H3/t10-,11-,12+,16-/m1/s1. The summed E-state index contributed by atoms with van der Waals surface area (Å²) in [5.74, 6) is -3.36. The van der Waals surface area contributed by atoms with E-state index in [2.05, 4.69) is 6.58 Å². The molecule has 3 aliphatic rings. The third kappa shape index (κ3) is 3.04. The van der Waals surface area contributed by atoms with Gasteiger partial charge in [0.05, 0.1) is 6.61 Å². The van der Waals surface area contributed by atoms with Crippen molar-refractivity contribution in [2.24, 2.45) is 0 Å². The Kier molecular flexibility index (Phi) is 3.85. The number of carbonyl (C=O) groups excluding carboxylic acids is 1. The highest BCUT2D eigenvalue weighted by Gasteiger charge is 2.64. The smallest absolute Gasteiger partial charge is 0.333 e. The second-order valence-corrected chi connectivity index (χ2v) is 7.16. The SMILES string of the molecule is C=C(C)C(=O)O[C@H]1[C@@H]2OC(C)(C)O[C@@H]2CO[C@@]12COC(C)(C)O2. The second kappa shape index (κ2) is 5.26. The Balaban J connectivity index is 1.90. The van der Waals surface area contributed by atoms with Crippen molar-refractivity contribution in [1.82, 2.24) is 0 Å². The minimum Gasteiger partial charge on any atom is -0.450 e. The Morgan fingerprint density at radius 1 is 1.13 bits per heavy atom. The molecule has 0 bridgehead atoms. The van der Waals surface area contributed by atoms with E-state index in [9.17, 15) is 4.79 Å². The van der Waals surface area contributed by atoms with Crippen molar-refractivity contribution in [2.45, 2.75) is 70.3 Å². The molecule has 23 heavy (non-hydrogen) atoms. The summed E-state index contributed by atoms with van der Waals surface area (Å²) < 4.78 is 34.9. The lowest BCUT2D eigenvalue weighted by molar-refractivity contribution is -0.328. The quantitative estimate of drug-likeness (QED) is 0.562. The predicted octanol–water partition coefficient (Wildman–Crippen LogP) is 1.50. The molecule has 130 valence electrons. The van der Waals surface area contributed by atoms with Crippen LogP contribution in [0, 0.1) is 0 Å². The van der Waals surface area contributed by atoms with E-state index in [0.29, 0.717) is 5.57 Å². The molecule has 4 atom stereocenters. The van der Waals surface area contributed by atoms with E-state index < -0.39 is 35.5 Å². The maximum Gasteiger partial charge on any atom is 0.333 e. The van der Waals surface area contributed by atoms with Crippen LogP contribution in [0.4, 0.5) is 0 Å². The normalized spacial score (nSPS) is 40.8.